The van der Waals surface area contributed by atoms with Gasteiger partial charge in [-0.3, -0.25) is 9.36 Å². The largest absolute Gasteiger partial charge is 0.489 e. The summed E-state index contributed by atoms with van der Waals surface area (Å²) in [5, 5.41) is 19.0. The lowest BCUT2D eigenvalue weighted by molar-refractivity contribution is 0.306. The number of thiazole rings is 1. The summed E-state index contributed by atoms with van der Waals surface area (Å²) in [7, 11) is 0. The van der Waals surface area contributed by atoms with Gasteiger partial charge in [0.15, 0.2) is 5.57 Å². The van der Waals surface area contributed by atoms with E-state index in [2.05, 4.69) is 0 Å². The van der Waals surface area contributed by atoms with Gasteiger partial charge in [0.2, 0.25) is 0 Å². The van der Waals surface area contributed by atoms with Gasteiger partial charge < -0.3 is 4.74 Å². The molecule has 3 aromatic carbocycles. The van der Waals surface area contributed by atoms with E-state index in [1.807, 2.05) is 98.8 Å². The Kier molecular flexibility index (Phi) is 6.73. The normalized spacial score (nSPS) is 11.0. The molecule has 166 valence electrons. The van der Waals surface area contributed by atoms with Gasteiger partial charge in [0.1, 0.15) is 29.2 Å². The first kappa shape index (κ1) is 22.8. The van der Waals surface area contributed by atoms with E-state index >= 15 is 0 Å². The SMILES string of the molecule is Cc1ccc(-n2c(=C(C#N)C#N)s/c(=C/c3cccc(OCc4ccccc4)c3)c2=O)c(C)c1. The van der Waals surface area contributed by atoms with E-state index < -0.39 is 0 Å². The van der Waals surface area contributed by atoms with Crippen molar-refractivity contribution in [3.63, 3.8) is 0 Å². The molecule has 1 aromatic heterocycles. The fourth-order valence-corrected chi connectivity index (χ4v) is 4.68. The number of aromatic nitrogens is 1. The maximum atomic E-state index is 13.4. The van der Waals surface area contributed by atoms with Crippen LogP contribution in [0.2, 0.25) is 0 Å². The molecule has 6 heteroatoms. The molecule has 0 radical (unpaired) electrons. The van der Waals surface area contributed by atoms with Gasteiger partial charge in [-0.05, 0) is 54.8 Å². The molecule has 34 heavy (non-hydrogen) atoms. The molecule has 0 atom stereocenters. The first-order chi connectivity index (χ1) is 16.5. The molecule has 0 saturated heterocycles. The van der Waals surface area contributed by atoms with Crippen LogP contribution < -0.4 is 19.5 Å². The smallest absolute Gasteiger partial charge is 0.273 e. The third kappa shape index (κ3) is 4.83. The predicted molar refractivity (Wildman–Crippen MR) is 134 cm³/mol. The molecule has 1 heterocycles. The van der Waals surface area contributed by atoms with Crippen molar-refractivity contribution in [3.8, 4) is 23.6 Å². The van der Waals surface area contributed by atoms with Gasteiger partial charge in [-0.15, -0.1) is 11.3 Å². The van der Waals surface area contributed by atoms with Crippen LogP contribution in [-0.2, 0) is 6.61 Å². The molecule has 0 saturated carbocycles. The molecule has 0 amide bonds. The van der Waals surface area contributed by atoms with Crippen LogP contribution in [0.4, 0.5) is 0 Å². The first-order valence-corrected chi connectivity index (χ1v) is 11.4. The van der Waals surface area contributed by atoms with E-state index in [1.165, 1.54) is 4.57 Å². The van der Waals surface area contributed by atoms with E-state index in [4.69, 9.17) is 4.74 Å². The molecule has 0 N–H and O–H groups in total. The van der Waals surface area contributed by atoms with E-state index in [0.717, 1.165) is 33.6 Å². The summed E-state index contributed by atoms with van der Waals surface area (Å²) >= 11 is 1.13. The fraction of sp³-hybridized carbons (Fsp3) is 0.107. The lowest BCUT2D eigenvalue weighted by Gasteiger charge is -2.07. The van der Waals surface area contributed by atoms with Crippen LogP contribution >= 0.6 is 11.3 Å². The number of aryl methyl sites for hydroxylation is 2. The predicted octanol–water partition coefficient (Wildman–Crippen LogP) is 4.12. The monoisotopic (exact) mass is 463 g/mol. The Hall–Kier alpha value is -4.39. The molecule has 4 rings (SSSR count). The van der Waals surface area contributed by atoms with Crippen molar-refractivity contribution < 1.29 is 4.74 Å². The molecule has 0 fully saturated rings. The van der Waals surface area contributed by atoms with Crippen LogP contribution in [0.5, 0.6) is 5.75 Å². The zero-order chi connectivity index (χ0) is 24.1. The van der Waals surface area contributed by atoms with Gasteiger partial charge in [-0.25, -0.2) is 0 Å². The lowest BCUT2D eigenvalue weighted by atomic mass is 10.1. The van der Waals surface area contributed by atoms with Crippen molar-refractivity contribution in [1.29, 1.82) is 10.5 Å². The minimum atomic E-state index is -0.273. The van der Waals surface area contributed by atoms with E-state index in [1.54, 1.807) is 6.08 Å². The third-order valence-corrected chi connectivity index (χ3v) is 6.35. The zero-order valence-corrected chi connectivity index (χ0v) is 19.6. The summed E-state index contributed by atoms with van der Waals surface area (Å²) < 4.78 is 8.12. The number of nitriles is 2. The average molecular weight is 464 g/mol. The van der Waals surface area contributed by atoms with Crippen LogP contribution in [-0.4, -0.2) is 4.57 Å². The molecule has 0 unspecified atom stereocenters. The maximum Gasteiger partial charge on any atom is 0.273 e. The second-order valence-corrected chi connectivity index (χ2v) is 8.82. The van der Waals surface area contributed by atoms with Gasteiger partial charge in [0.05, 0.1) is 10.2 Å². The Morgan fingerprint density at radius 3 is 2.47 bits per heavy atom. The number of ether oxygens (including phenoxy) is 1. The van der Waals surface area contributed by atoms with E-state index in [0.29, 0.717) is 27.2 Å². The minimum Gasteiger partial charge on any atom is -0.489 e. The molecular weight excluding hydrogens is 442 g/mol. The van der Waals surface area contributed by atoms with E-state index in [-0.39, 0.29) is 11.1 Å². The first-order valence-electron chi connectivity index (χ1n) is 10.6. The molecule has 0 bridgehead atoms. The molecule has 0 aliphatic carbocycles. The quantitative estimate of drug-likeness (QED) is 0.446. The highest BCUT2D eigenvalue weighted by Crippen LogP contribution is 2.16. The Morgan fingerprint density at radius 2 is 1.76 bits per heavy atom. The maximum absolute atomic E-state index is 13.4. The van der Waals surface area contributed by atoms with Crippen LogP contribution in [0.25, 0.3) is 17.3 Å². The number of nitrogens with zero attached hydrogens (tertiary/aromatic N) is 3. The summed E-state index contributed by atoms with van der Waals surface area (Å²) in [6, 6.07) is 26.9. The summed E-state index contributed by atoms with van der Waals surface area (Å²) in [4.78, 5) is 13.4. The minimum absolute atomic E-state index is 0.0957. The highest BCUT2D eigenvalue weighted by Gasteiger charge is 2.13. The van der Waals surface area contributed by atoms with Gasteiger partial charge in [-0.2, -0.15) is 10.5 Å². The van der Waals surface area contributed by atoms with Crippen molar-refractivity contribution in [2.75, 3.05) is 0 Å². The molecular formula is C28H21N3O2S. The van der Waals surface area contributed by atoms with Crippen molar-refractivity contribution in [3.05, 3.63) is 115 Å². The van der Waals surface area contributed by atoms with Crippen molar-refractivity contribution in [2.24, 2.45) is 0 Å². The molecule has 0 aliphatic heterocycles. The summed E-state index contributed by atoms with van der Waals surface area (Å²) in [6.45, 7) is 4.32. The number of hydrogen-bond acceptors (Lipinski definition) is 5. The lowest BCUT2D eigenvalue weighted by Crippen LogP contribution is -2.31. The van der Waals surface area contributed by atoms with Crippen LogP contribution in [0.1, 0.15) is 22.3 Å². The van der Waals surface area contributed by atoms with Crippen molar-refractivity contribution >= 4 is 23.0 Å². The van der Waals surface area contributed by atoms with Gasteiger partial charge >= 0.3 is 0 Å². The zero-order valence-electron chi connectivity index (χ0n) is 18.8. The summed E-state index contributed by atoms with van der Waals surface area (Å²) in [6.07, 6.45) is 1.76. The number of benzene rings is 3. The van der Waals surface area contributed by atoms with Gasteiger partial charge in [0, 0.05) is 0 Å². The summed E-state index contributed by atoms with van der Waals surface area (Å²) in [5.41, 5.74) is 4.09. The Morgan fingerprint density at radius 1 is 1.00 bits per heavy atom. The van der Waals surface area contributed by atoms with Crippen LogP contribution in [0.3, 0.4) is 0 Å². The molecule has 5 nitrogen and oxygen atoms in total. The second kappa shape index (κ2) is 10.0. The fourth-order valence-electron chi connectivity index (χ4n) is 3.63. The average Bonchev–Trinajstić information content (AvgIpc) is 3.15. The Bertz CT molecular complexity index is 1600. The molecule has 4 aromatic rings. The Labute approximate surface area is 201 Å². The highest BCUT2D eigenvalue weighted by atomic mass is 32.1. The topological polar surface area (TPSA) is 78.8 Å². The number of hydrogen-bond donors (Lipinski definition) is 0. The highest BCUT2D eigenvalue weighted by molar-refractivity contribution is 7.07. The van der Waals surface area contributed by atoms with Crippen molar-refractivity contribution in [2.45, 2.75) is 20.5 Å². The van der Waals surface area contributed by atoms with Crippen LogP contribution in [0, 0.1) is 36.5 Å². The molecule has 0 aliphatic rings. The van der Waals surface area contributed by atoms with Gasteiger partial charge in [-0.1, -0.05) is 60.2 Å². The second-order valence-electron chi connectivity index (χ2n) is 7.79. The van der Waals surface area contributed by atoms with Gasteiger partial charge in [0.25, 0.3) is 5.56 Å². The van der Waals surface area contributed by atoms with Crippen molar-refractivity contribution in [1.82, 2.24) is 4.57 Å². The summed E-state index contributed by atoms with van der Waals surface area (Å²) in [5.74, 6) is 0.686. The number of rotatable bonds is 5. The Balaban J connectivity index is 1.81. The van der Waals surface area contributed by atoms with E-state index in [9.17, 15) is 15.3 Å². The third-order valence-electron chi connectivity index (χ3n) is 5.26. The van der Waals surface area contributed by atoms with Crippen LogP contribution in [0.15, 0.2) is 77.6 Å². The molecule has 0 spiro atoms. The standard InChI is InChI=1S/C28H21N3O2S/c1-19-11-12-25(20(2)13-19)31-27(32)26(34-28(31)23(16-29)17-30)15-22-9-6-10-24(14-22)33-18-21-7-4-3-5-8-21/h3-15H,18H2,1-2H3/b26-15+.